The minimum Gasteiger partial charge on any atom is -0.378 e. The van der Waals surface area contributed by atoms with Gasteiger partial charge < -0.3 is 14.7 Å². The van der Waals surface area contributed by atoms with Gasteiger partial charge in [0, 0.05) is 64.7 Å². The Morgan fingerprint density at radius 1 is 0.862 bits per heavy atom. The van der Waals surface area contributed by atoms with Crippen LogP contribution >= 0.6 is 0 Å². The maximum atomic E-state index is 12.7. The van der Waals surface area contributed by atoms with Crippen LogP contribution in [0.3, 0.4) is 0 Å². The van der Waals surface area contributed by atoms with Crippen LogP contribution in [0.1, 0.15) is 17.5 Å². The number of carbonyl (C=O) groups is 1. The molecule has 154 valence electrons. The van der Waals surface area contributed by atoms with Gasteiger partial charge in [-0.15, -0.1) is 0 Å². The molecule has 5 heteroatoms. The summed E-state index contributed by atoms with van der Waals surface area (Å²) < 4.78 is 0. The monoisotopic (exact) mass is 392 g/mol. The summed E-state index contributed by atoms with van der Waals surface area (Å²) in [6, 6.07) is 17.2. The number of nitrogens with zero attached hydrogens (tertiary/aromatic N) is 4. The highest BCUT2D eigenvalue weighted by atomic mass is 16.2. The van der Waals surface area contributed by atoms with Crippen LogP contribution in [-0.2, 0) is 17.8 Å². The molecule has 2 heterocycles. The summed E-state index contributed by atoms with van der Waals surface area (Å²) in [5, 5.41) is 0. The molecule has 4 rings (SSSR count). The van der Waals surface area contributed by atoms with E-state index in [1.165, 1.54) is 16.8 Å². The van der Waals surface area contributed by atoms with E-state index in [9.17, 15) is 4.79 Å². The molecule has 1 fully saturated rings. The average Bonchev–Trinajstić information content (AvgIpc) is 2.75. The Balaban J connectivity index is 1.23. The van der Waals surface area contributed by atoms with Gasteiger partial charge in [-0.3, -0.25) is 9.69 Å². The van der Waals surface area contributed by atoms with E-state index in [-0.39, 0.29) is 5.91 Å². The van der Waals surface area contributed by atoms with Crippen LogP contribution in [0.5, 0.6) is 0 Å². The van der Waals surface area contributed by atoms with Crippen LogP contribution in [0.2, 0.25) is 0 Å². The second kappa shape index (κ2) is 8.87. The standard InChI is InChI=1S/C24H32N4O/c1-25(2)22-8-10-23(11-9-22)28-17-16-27(24(29)19-28)14-5-13-26-15-12-20-6-3-4-7-21(20)18-26/h3-4,6-11H,5,12-19H2,1-2H3. The summed E-state index contributed by atoms with van der Waals surface area (Å²) in [7, 11) is 4.08. The van der Waals surface area contributed by atoms with Gasteiger partial charge in [-0.05, 0) is 48.2 Å². The lowest BCUT2D eigenvalue weighted by Crippen LogP contribution is -2.51. The van der Waals surface area contributed by atoms with Gasteiger partial charge in [-0.25, -0.2) is 0 Å². The summed E-state index contributed by atoms with van der Waals surface area (Å²) in [5.41, 5.74) is 5.27. The van der Waals surface area contributed by atoms with Gasteiger partial charge in [0.05, 0.1) is 6.54 Å². The normalized spacial score (nSPS) is 17.4. The lowest BCUT2D eigenvalue weighted by Gasteiger charge is -2.36. The number of anilines is 2. The fourth-order valence-electron chi connectivity index (χ4n) is 4.36. The van der Waals surface area contributed by atoms with Crippen molar-refractivity contribution in [3.8, 4) is 0 Å². The number of hydrogen-bond acceptors (Lipinski definition) is 4. The zero-order valence-corrected chi connectivity index (χ0v) is 17.7. The Labute approximate surface area is 174 Å². The largest absolute Gasteiger partial charge is 0.378 e. The quantitative estimate of drug-likeness (QED) is 0.756. The highest BCUT2D eigenvalue weighted by Crippen LogP contribution is 2.22. The Kier molecular flexibility index (Phi) is 6.05. The molecule has 0 aliphatic carbocycles. The molecule has 0 N–H and O–H groups in total. The summed E-state index contributed by atoms with van der Waals surface area (Å²) in [6.07, 6.45) is 2.19. The number of hydrogen-bond donors (Lipinski definition) is 0. The molecule has 1 saturated heterocycles. The van der Waals surface area contributed by atoms with E-state index < -0.39 is 0 Å². The number of carbonyl (C=O) groups excluding carboxylic acids is 1. The lowest BCUT2D eigenvalue weighted by atomic mass is 10.00. The van der Waals surface area contributed by atoms with Crippen LogP contribution < -0.4 is 9.80 Å². The first kappa shape index (κ1) is 19.8. The molecular weight excluding hydrogens is 360 g/mol. The SMILES string of the molecule is CN(C)c1ccc(N2CCN(CCCN3CCc4ccccc4C3)C(=O)C2)cc1. The summed E-state index contributed by atoms with van der Waals surface area (Å²) in [4.78, 5) is 21.5. The topological polar surface area (TPSA) is 30.0 Å². The third-order valence-corrected chi connectivity index (χ3v) is 6.16. The maximum absolute atomic E-state index is 12.7. The van der Waals surface area contributed by atoms with Crippen LogP contribution in [0.25, 0.3) is 0 Å². The average molecular weight is 393 g/mol. The maximum Gasteiger partial charge on any atom is 0.242 e. The molecular formula is C24H32N4O. The van der Waals surface area contributed by atoms with Gasteiger partial charge in [0.15, 0.2) is 0 Å². The third kappa shape index (κ3) is 4.73. The molecule has 2 aromatic carbocycles. The zero-order valence-electron chi connectivity index (χ0n) is 17.7. The zero-order chi connectivity index (χ0) is 20.2. The van der Waals surface area contributed by atoms with Crippen molar-refractivity contribution < 1.29 is 4.79 Å². The van der Waals surface area contributed by atoms with E-state index in [2.05, 4.69) is 63.2 Å². The van der Waals surface area contributed by atoms with Crippen LogP contribution in [0.15, 0.2) is 48.5 Å². The molecule has 29 heavy (non-hydrogen) atoms. The molecule has 0 atom stereocenters. The highest BCUT2D eigenvalue weighted by Gasteiger charge is 2.24. The Hall–Kier alpha value is -2.53. The van der Waals surface area contributed by atoms with Gasteiger partial charge >= 0.3 is 0 Å². The predicted octanol–water partition coefficient (Wildman–Crippen LogP) is 2.85. The minimum atomic E-state index is 0.247. The first-order valence-corrected chi connectivity index (χ1v) is 10.7. The Bertz CT molecular complexity index is 833. The van der Waals surface area contributed by atoms with Crippen molar-refractivity contribution in [1.82, 2.24) is 9.80 Å². The first-order chi connectivity index (χ1) is 14.1. The van der Waals surface area contributed by atoms with E-state index in [0.29, 0.717) is 6.54 Å². The van der Waals surface area contributed by atoms with Crippen LogP contribution in [-0.4, -0.2) is 69.1 Å². The van der Waals surface area contributed by atoms with Crippen LogP contribution in [0, 0.1) is 0 Å². The van der Waals surface area contributed by atoms with Crippen molar-refractivity contribution in [1.29, 1.82) is 0 Å². The molecule has 2 aromatic rings. The number of benzene rings is 2. The van der Waals surface area contributed by atoms with Crippen molar-refractivity contribution in [2.24, 2.45) is 0 Å². The molecule has 5 nitrogen and oxygen atoms in total. The van der Waals surface area contributed by atoms with Gasteiger partial charge in [0.1, 0.15) is 0 Å². The fraction of sp³-hybridized carbons (Fsp3) is 0.458. The molecule has 0 saturated carbocycles. The fourth-order valence-corrected chi connectivity index (χ4v) is 4.36. The molecule has 0 bridgehead atoms. The van der Waals surface area contributed by atoms with E-state index in [0.717, 1.165) is 57.8 Å². The summed E-state index contributed by atoms with van der Waals surface area (Å²) in [6.45, 7) is 6.31. The second-order valence-corrected chi connectivity index (χ2v) is 8.36. The van der Waals surface area contributed by atoms with Crippen molar-refractivity contribution in [3.63, 3.8) is 0 Å². The van der Waals surface area contributed by atoms with Crippen molar-refractivity contribution in [2.45, 2.75) is 19.4 Å². The lowest BCUT2D eigenvalue weighted by molar-refractivity contribution is -0.131. The molecule has 1 amide bonds. The summed E-state index contributed by atoms with van der Waals surface area (Å²) >= 11 is 0. The Morgan fingerprint density at radius 3 is 2.34 bits per heavy atom. The van der Waals surface area contributed by atoms with E-state index in [1.54, 1.807) is 0 Å². The molecule has 2 aliphatic heterocycles. The van der Waals surface area contributed by atoms with E-state index >= 15 is 0 Å². The third-order valence-electron chi connectivity index (χ3n) is 6.16. The van der Waals surface area contributed by atoms with E-state index in [1.807, 2.05) is 19.0 Å². The number of piperazine rings is 1. The van der Waals surface area contributed by atoms with Crippen molar-refractivity contribution >= 4 is 17.3 Å². The highest BCUT2D eigenvalue weighted by molar-refractivity contribution is 5.83. The number of amides is 1. The van der Waals surface area contributed by atoms with Gasteiger partial charge in [0.2, 0.25) is 5.91 Å². The molecule has 0 unspecified atom stereocenters. The second-order valence-electron chi connectivity index (χ2n) is 8.36. The Morgan fingerprint density at radius 2 is 1.62 bits per heavy atom. The van der Waals surface area contributed by atoms with Gasteiger partial charge in [0.25, 0.3) is 0 Å². The molecule has 0 aromatic heterocycles. The van der Waals surface area contributed by atoms with Gasteiger partial charge in [-0.1, -0.05) is 24.3 Å². The van der Waals surface area contributed by atoms with Gasteiger partial charge in [-0.2, -0.15) is 0 Å². The predicted molar refractivity (Wildman–Crippen MR) is 120 cm³/mol. The van der Waals surface area contributed by atoms with Crippen LogP contribution in [0.4, 0.5) is 11.4 Å². The van der Waals surface area contributed by atoms with E-state index in [4.69, 9.17) is 0 Å². The summed E-state index contributed by atoms with van der Waals surface area (Å²) in [5.74, 6) is 0.247. The molecule has 0 radical (unpaired) electrons. The molecule has 0 spiro atoms. The van der Waals surface area contributed by atoms with Crippen molar-refractivity contribution in [2.75, 3.05) is 63.2 Å². The van der Waals surface area contributed by atoms with Crippen molar-refractivity contribution in [3.05, 3.63) is 59.7 Å². The number of rotatable bonds is 6. The molecule has 2 aliphatic rings. The number of fused-ring (bicyclic) bond motifs is 1. The first-order valence-electron chi connectivity index (χ1n) is 10.7. The smallest absolute Gasteiger partial charge is 0.242 e. The minimum absolute atomic E-state index is 0.247.